The average molecular weight is 308 g/mol. The van der Waals surface area contributed by atoms with Gasteiger partial charge in [-0.05, 0) is 30.3 Å². The van der Waals surface area contributed by atoms with Gasteiger partial charge in [-0.3, -0.25) is 0 Å². The molecule has 1 N–H and O–H groups in total. The number of benzene rings is 1. The van der Waals surface area contributed by atoms with Crippen LogP contribution in [0.4, 0.5) is 10.6 Å². The van der Waals surface area contributed by atoms with Crippen LogP contribution in [-0.2, 0) is 4.74 Å². The number of piperidine rings is 1. The Morgan fingerprint density at radius 1 is 1.26 bits per heavy atom. The number of aromatic nitrogens is 1. The van der Waals surface area contributed by atoms with Crippen LogP contribution in [-0.4, -0.2) is 36.3 Å². The number of carbonyl (C=O) groups excluding carboxylic acids is 1. The first-order valence-corrected chi connectivity index (χ1v) is 7.70. The van der Waals surface area contributed by atoms with Gasteiger partial charge in [0, 0.05) is 31.3 Å². The Kier molecular flexibility index (Phi) is 3.08. The lowest BCUT2D eigenvalue weighted by molar-refractivity contribution is 0.0366. The predicted octanol–water partition coefficient (Wildman–Crippen LogP) is 2.19. The first-order valence-electron chi connectivity index (χ1n) is 7.70. The van der Waals surface area contributed by atoms with Crippen LogP contribution in [0.1, 0.15) is 18.4 Å². The number of hydrogen-bond donors (Lipinski definition) is 1. The van der Waals surface area contributed by atoms with Crippen LogP contribution in [0.2, 0.25) is 0 Å². The van der Waals surface area contributed by atoms with Gasteiger partial charge < -0.3 is 15.0 Å². The van der Waals surface area contributed by atoms with E-state index in [1.165, 1.54) is 0 Å². The molecule has 1 amide bonds. The number of nitrogens with zero attached hydrogens (tertiary/aromatic N) is 3. The summed E-state index contributed by atoms with van der Waals surface area (Å²) in [6, 6.07) is 11.6. The summed E-state index contributed by atoms with van der Waals surface area (Å²) in [6.07, 6.45) is 1.30. The van der Waals surface area contributed by atoms with E-state index in [1.807, 2.05) is 24.3 Å². The fourth-order valence-corrected chi connectivity index (χ4v) is 3.28. The zero-order valence-electron chi connectivity index (χ0n) is 12.6. The van der Waals surface area contributed by atoms with Gasteiger partial charge >= 0.3 is 6.09 Å². The number of anilines is 1. The number of carbonyl (C=O) groups is 1. The Hall–Kier alpha value is -2.81. The molecule has 23 heavy (non-hydrogen) atoms. The number of ether oxygens (including phenoxy) is 1. The lowest BCUT2D eigenvalue weighted by Crippen LogP contribution is -2.46. The van der Waals surface area contributed by atoms with Crippen LogP contribution in [0.5, 0.6) is 0 Å². The number of amides is 1. The Morgan fingerprint density at radius 2 is 2.09 bits per heavy atom. The van der Waals surface area contributed by atoms with Crippen molar-refractivity contribution < 1.29 is 9.53 Å². The van der Waals surface area contributed by atoms with E-state index in [0.29, 0.717) is 12.1 Å². The molecule has 0 bridgehead atoms. The molecular formula is C17H16N4O2. The van der Waals surface area contributed by atoms with Crippen LogP contribution in [0, 0.1) is 11.3 Å². The molecule has 116 valence electrons. The van der Waals surface area contributed by atoms with E-state index in [-0.39, 0.29) is 11.7 Å². The first kappa shape index (κ1) is 13.8. The second-order valence-electron chi connectivity index (χ2n) is 6.10. The van der Waals surface area contributed by atoms with Crippen molar-refractivity contribution >= 4 is 22.8 Å². The van der Waals surface area contributed by atoms with Gasteiger partial charge in [0.25, 0.3) is 0 Å². The number of nitrogens with one attached hydrogen (secondary N) is 1. The van der Waals surface area contributed by atoms with E-state index < -0.39 is 0 Å². The minimum absolute atomic E-state index is 0.310. The summed E-state index contributed by atoms with van der Waals surface area (Å²) in [7, 11) is 0. The molecule has 2 fully saturated rings. The molecule has 2 aromatic rings. The molecule has 2 aliphatic heterocycles. The lowest BCUT2D eigenvalue weighted by Gasteiger charge is -2.37. The van der Waals surface area contributed by atoms with Crippen molar-refractivity contribution in [2.75, 3.05) is 24.5 Å². The number of alkyl carbamates (subject to hydrolysis) is 1. The van der Waals surface area contributed by atoms with Crippen LogP contribution in [0.15, 0.2) is 30.3 Å². The molecule has 1 aromatic heterocycles. The Bertz CT molecular complexity index is 819. The van der Waals surface area contributed by atoms with Gasteiger partial charge in [-0.25, -0.2) is 9.78 Å². The summed E-state index contributed by atoms with van der Waals surface area (Å²) >= 11 is 0. The third-order valence-corrected chi connectivity index (χ3v) is 4.67. The minimum Gasteiger partial charge on any atom is -0.441 e. The van der Waals surface area contributed by atoms with E-state index in [1.54, 1.807) is 6.07 Å². The molecule has 1 spiro atoms. The van der Waals surface area contributed by atoms with Gasteiger partial charge in [-0.15, -0.1) is 0 Å². The summed E-state index contributed by atoms with van der Waals surface area (Å²) in [5.41, 5.74) is 1.19. The molecule has 0 radical (unpaired) electrons. The SMILES string of the molecule is N#Cc1ccc2nc(N3CCC4(CC3)CNC(=O)O4)ccc2c1. The maximum atomic E-state index is 11.3. The van der Waals surface area contributed by atoms with Crippen LogP contribution in [0.25, 0.3) is 10.9 Å². The zero-order valence-corrected chi connectivity index (χ0v) is 12.6. The lowest BCUT2D eigenvalue weighted by atomic mass is 9.91. The normalized spacial score (nSPS) is 19.4. The summed E-state index contributed by atoms with van der Waals surface area (Å²) in [6.45, 7) is 2.22. The molecule has 0 aliphatic carbocycles. The number of fused-ring (bicyclic) bond motifs is 1. The standard InChI is InChI=1S/C17H16N4O2/c18-10-12-1-3-14-13(9-12)2-4-15(20-14)21-7-5-17(6-8-21)11-19-16(22)23-17/h1-4,9H,5-8,11H2,(H,19,22). The molecule has 0 saturated carbocycles. The quantitative estimate of drug-likeness (QED) is 0.873. The summed E-state index contributed by atoms with van der Waals surface area (Å²) in [5, 5.41) is 12.7. The van der Waals surface area contributed by atoms with Gasteiger partial charge in [0.1, 0.15) is 11.4 Å². The Labute approximate surface area is 133 Å². The third-order valence-electron chi connectivity index (χ3n) is 4.67. The van der Waals surface area contributed by atoms with E-state index in [9.17, 15) is 4.79 Å². The van der Waals surface area contributed by atoms with Crippen molar-refractivity contribution in [2.45, 2.75) is 18.4 Å². The summed E-state index contributed by atoms with van der Waals surface area (Å²) < 4.78 is 5.44. The molecule has 0 atom stereocenters. The Balaban J connectivity index is 1.54. The van der Waals surface area contributed by atoms with Crippen molar-refractivity contribution in [2.24, 2.45) is 0 Å². The van der Waals surface area contributed by atoms with Crippen molar-refractivity contribution in [3.8, 4) is 6.07 Å². The Morgan fingerprint density at radius 3 is 2.78 bits per heavy atom. The largest absolute Gasteiger partial charge is 0.441 e. The minimum atomic E-state index is -0.341. The molecule has 6 nitrogen and oxygen atoms in total. The molecule has 6 heteroatoms. The summed E-state index contributed by atoms with van der Waals surface area (Å²) in [4.78, 5) is 18.2. The van der Waals surface area contributed by atoms with Gasteiger partial charge in [-0.2, -0.15) is 5.26 Å². The van der Waals surface area contributed by atoms with Crippen molar-refractivity contribution in [3.63, 3.8) is 0 Å². The smallest absolute Gasteiger partial charge is 0.407 e. The second-order valence-corrected chi connectivity index (χ2v) is 6.10. The number of hydrogen-bond acceptors (Lipinski definition) is 5. The topological polar surface area (TPSA) is 78.3 Å². The average Bonchev–Trinajstić information content (AvgIpc) is 2.95. The van der Waals surface area contributed by atoms with E-state index in [4.69, 9.17) is 15.0 Å². The van der Waals surface area contributed by atoms with Gasteiger partial charge in [0.15, 0.2) is 0 Å². The second kappa shape index (κ2) is 5.13. The maximum absolute atomic E-state index is 11.3. The van der Waals surface area contributed by atoms with Gasteiger partial charge in [0.2, 0.25) is 0 Å². The molecule has 4 rings (SSSR count). The molecule has 0 unspecified atom stereocenters. The van der Waals surface area contributed by atoms with Crippen LogP contribution in [0.3, 0.4) is 0 Å². The van der Waals surface area contributed by atoms with Crippen molar-refractivity contribution in [1.82, 2.24) is 10.3 Å². The highest BCUT2D eigenvalue weighted by Gasteiger charge is 2.43. The fraction of sp³-hybridized carbons (Fsp3) is 0.353. The first-order chi connectivity index (χ1) is 11.2. The molecule has 2 saturated heterocycles. The zero-order chi connectivity index (χ0) is 15.9. The summed E-state index contributed by atoms with van der Waals surface area (Å²) in [5.74, 6) is 0.925. The highest BCUT2D eigenvalue weighted by atomic mass is 16.6. The fourth-order valence-electron chi connectivity index (χ4n) is 3.28. The number of pyridine rings is 1. The maximum Gasteiger partial charge on any atom is 0.407 e. The van der Waals surface area contributed by atoms with E-state index in [2.05, 4.69) is 16.3 Å². The van der Waals surface area contributed by atoms with E-state index in [0.717, 1.165) is 42.7 Å². The van der Waals surface area contributed by atoms with Crippen molar-refractivity contribution in [3.05, 3.63) is 35.9 Å². The van der Waals surface area contributed by atoms with E-state index >= 15 is 0 Å². The third kappa shape index (κ3) is 2.44. The van der Waals surface area contributed by atoms with Gasteiger partial charge in [-0.1, -0.05) is 0 Å². The van der Waals surface area contributed by atoms with Gasteiger partial charge in [0.05, 0.1) is 23.7 Å². The highest BCUT2D eigenvalue weighted by Crippen LogP contribution is 2.31. The molecule has 3 heterocycles. The molecule has 2 aliphatic rings. The van der Waals surface area contributed by atoms with Crippen molar-refractivity contribution in [1.29, 1.82) is 5.26 Å². The molecule has 1 aromatic carbocycles. The monoisotopic (exact) mass is 308 g/mol. The highest BCUT2D eigenvalue weighted by molar-refractivity contribution is 5.81. The number of nitriles is 1. The number of rotatable bonds is 1. The predicted molar refractivity (Wildman–Crippen MR) is 85.1 cm³/mol. The molecular weight excluding hydrogens is 292 g/mol. The van der Waals surface area contributed by atoms with Crippen LogP contribution >= 0.6 is 0 Å². The van der Waals surface area contributed by atoms with Crippen LogP contribution < -0.4 is 10.2 Å².